The number of amides is 1. The van der Waals surface area contributed by atoms with E-state index in [1.807, 2.05) is 12.1 Å². The van der Waals surface area contributed by atoms with Gasteiger partial charge in [-0.1, -0.05) is 0 Å². The lowest BCUT2D eigenvalue weighted by Crippen LogP contribution is -2.25. The van der Waals surface area contributed by atoms with Crippen LogP contribution in [0.2, 0.25) is 0 Å². The number of ketones is 1. The molecule has 0 aliphatic heterocycles. The predicted molar refractivity (Wildman–Crippen MR) is 66.8 cm³/mol. The second-order valence-electron chi connectivity index (χ2n) is 3.21. The van der Waals surface area contributed by atoms with E-state index in [2.05, 4.69) is 27.9 Å². The van der Waals surface area contributed by atoms with E-state index in [0.29, 0.717) is 18.5 Å². The Morgan fingerprint density at radius 2 is 1.87 bits per heavy atom. The normalized spacial score (nSPS) is 9.73. The van der Waals surface area contributed by atoms with Crippen molar-refractivity contribution in [2.45, 2.75) is 13.3 Å². The van der Waals surface area contributed by atoms with Gasteiger partial charge >= 0.3 is 0 Å². The lowest BCUT2D eigenvalue weighted by molar-refractivity contribution is -0.116. The molecule has 4 heteroatoms. The van der Waals surface area contributed by atoms with Crippen LogP contribution >= 0.6 is 22.6 Å². The first-order valence-electron chi connectivity index (χ1n) is 4.63. The molecule has 1 N–H and O–H groups in total. The van der Waals surface area contributed by atoms with Gasteiger partial charge in [0, 0.05) is 22.1 Å². The van der Waals surface area contributed by atoms with Crippen LogP contribution in [-0.4, -0.2) is 18.2 Å². The minimum atomic E-state index is -0.132. The number of Topliss-reactive ketones (excluding diaryl/α,β-unsaturated/α-hetero) is 1. The molecule has 0 fully saturated rings. The van der Waals surface area contributed by atoms with Gasteiger partial charge in [0.25, 0.3) is 5.91 Å². The average molecular weight is 317 g/mol. The van der Waals surface area contributed by atoms with E-state index in [-0.39, 0.29) is 11.7 Å². The Bertz CT molecular complexity index is 359. The van der Waals surface area contributed by atoms with Gasteiger partial charge in [-0.05, 0) is 53.8 Å². The molecular weight excluding hydrogens is 305 g/mol. The standard InChI is InChI=1S/C11H12INO2/c1-8(14)6-7-13-11(15)9-2-4-10(12)5-3-9/h2-5H,6-7H2,1H3,(H,13,15). The number of halogens is 1. The van der Waals surface area contributed by atoms with Crippen LogP contribution < -0.4 is 5.32 Å². The number of hydrogen-bond acceptors (Lipinski definition) is 2. The SMILES string of the molecule is CC(=O)CCNC(=O)c1ccc(I)cc1. The van der Waals surface area contributed by atoms with E-state index in [1.165, 1.54) is 6.92 Å². The number of rotatable bonds is 4. The van der Waals surface area contributed by atoms with Gasteiger partial charge in [0.05, 0.1) is 0 Å². The maximum atomic E-state index is 11.5. The molecule has 0 aliphatic carbocycles. The molecule has 1 amide bonds. The second-order valence-corrected chi connectivity index (χ2v) is 4.46. The van der Waals surface area contributed by atoms with Crippen LogP contribution in [0.15, 0.2) is 24.3 Å². The molecule has 0 aliphatic rings. The fourth-order valence-corrected chi connectivity index (χ4v) is 1.41. The van der Waals surface area contributed by atoms with Crippen molar-refractivity contribution in [3.8, 4) is 0 Å². The molecule has 0 aromatic heterocycles. The quantitative estimate of drug-likeness (QED) is 0.864. The summed E-state index contributed by atoms with van der Waals surface area (Å²) in [4.78, 5) is 22.2. The summed E-state index contributed by atoms with van der Waals surface area (Å²) in [5.74, 6) is -0.0504. The van der Waals surface area contributed by atoms with E-state index >= 15 is 0 Å². The number of benzene rings is 1. The van der Waals surface area contributed by atoms with Crippen LogP contribution in [-0.2, 0) is 4.79 Å². The smallest absolute Gasteiger partial charge is 0.251 e. The molecule has 0 radical (unpaired) electrons. The molecule has 1 rings (SSSR count). The third-order valence-electron chi connectivity index (χ3n) is 1.87. The first kappa shape index (κ1) is 12.2. The molecular formula is C11H12INO2. The number of hydrogen-bond donors (Lipinski definition) is 1. The molecule has 0 atom stereocenters. The Labute approximate surface area is 102 Å². The van der Waals surface area contributed by atoms with Gasteiger partial charge in [-0.3, -0.25) is 9.59 Å². The fraction of sp³-hybridized carbons (Fsp3) is 0.273. The van der Waals surface area contributed by atoms with Crippen LogP contribution in [0.1, 0.15) is 23.7 Å². The number of nitrogens with one attached hydrogen (secondary N) is 1. The highest BCUT2D eigenvalue weighted by Crippen LogP contribution is 2.06. The largest absolute Gasteiger partial charge is 0.352 e. The van der Waals surface area contributed by atoms with Gasteiger partial charge in [0.15, 0.2) is 0 Å². The van der Waals surface area contributed by atoms with Crippen LogP contribution in [0.4, 0.5) is 0 Å². The number of carbonyl (C=O) groups is 2. The maximum absolute atomic E-state index is 11.5. The molecule has 1 aromatic rings. The Kier molecular flexibility index (Phi) is 4.74. The van der Waals surface area contributed by atoms with Crippen molar-refractivity contribution < 1.29 is 9.59 Å². The van der Waals surface area contributed by atoms with Crippen molar-refractivity contribution >= 4 is 34.3 Å². The molecule has 0 saturated heterocycles. The Balaban J connectivity index is 2.47. The van der Waals surface area contributed by atoms with Gasteiger partial charge in [0.2, 0.25) is 0 Å². The fourth-order valence-electron chi connectivity index (χ4n) is 1.06. The van der Waals surface area contributed by atoms with Crippen molar-refractivity contribution in [1.29, 1.82) is 0 Å². The number of carbonyl (C=O) groups excluding carboxylic acids is 2. The molecule has 15 heavy (non-hydrogen) atoms. The van der Waals surface area contributed by atoms with Crippen molar-refractivity contribution in [2.75, 3.05) is 6.54 Å². The third kappa shape index (κ3) is 4.42. The first-order chi connectivity index (χ1) is 7.09. The van der Waals surface area contributed by atoms with Crippen LogP contribution in [0, 0.1) is 3.57 Å². The molecule has 0 unspecified atom stereocenters. The summed E-state index contributed by atoms with van der Waals surface area (Å²) in [5, 5.41) is 2.69. The van der Waals surface area contributed by atoms with Crippen LogP contribution in [0.25, 0.3) is 0 Å². The topological polar surface area (TPSA) is 46.2 Å². The summed E-state index contributed by atoms with van der Waals surface area (Å²) in [5.41, 5.74) is 0.624. The van der Waals surface area contributed by atoms with Gasteiger partial charge in [-0.25, -0.2) is 0 Å². The summed E-state index contributed by atoms with van der Waals surface area (Å²) in [6.07, 6.45) is 0.385. The third-order valence-corrected chi connectivity index (χ3v) is 2.59. The molecule has 0 spiro atoms. The summed E-state index contributed by atoms with van der Waals surface area (Å²) in [6.45, 7) is 1.91. The van der Waals surface area contributed by atoms with E-state index in [4.69, 9.17) is 0 Å². The van der Waals surface area contributed by atoms with Gasteiger partial charge in [-0.15, -0.1) is 0 Å². The Morgan fingerprint density at radius 1 is 1.27 bits per heavy atom. The summed E-state index contributed by atoms with van der Waals surface area (Å²) >= 11 is 2.18. The lowest BCUT2D eigenvalue weighted by atomic mass is 10.2. The lowest BCUT2D eigenvalue weighted by Gasteiger charge is -2.03. The predicted octanol–water partition coefficient (Wildman–Crippen LogP) is 2.00. The maximum Gasteiger partial charge on any atom is 0.251 e. The highest BCUT2D eigenvalue weighted by molar-refractivity contribution is 14.1. The van der Waals surface area contributed by atoms with E-state index in [9.17, 15) is 9.59 Å². The minimum Gasteiger partial charge on any atom is -0.352 e. The van der Waals surface area contributed by atoms with Crippen LogP contribution in [0.5, 0.6) is 0 Å². The van der Waals surface area contributed by atoms with Crippen molar-refractivity contribution in [2.24, 2.45) is 0 Å². The molecule has 80 valence electrons. The summed E-state index contributed by atoms with van der Waals surface area (Å²) in [6, 6.07) is 7.29. The minimum absolute atomic E-state index is 0.0814. The molecule has 0 bridgehead atoms. The zero-order valence-corrected chi connectivity index (χ0v) is 10.6. The summed E-state index contributed by atoms with van der Waals surface area (Å²) in [7, 11) is 0. The second kappa shape index (κ2) is 5.85. The highest BCUT2D eigenvalue weighted by Gasteiger charge is 2.04. The Hall–Kier alpha value is -0.910. The highest BCUT2D eigenvalue weighted by atomic mass is 127. The van der Waals surface area contributed by atoms with E-state index < -0.39 is 0 Å². The van der Waals surface area contributed by atoms with Crippen molar-refractivity contribution in [3.63, 3.8) is 0 Å². The summed E-state index contributed by atoms with van der Waals surface area (Å²) < 4.78 is 1.09. The average Bonchev–Trinajstić information content (AvgIpc) is 2.18. The van der Waals surface area contributed by atoms with E-state index in [0.717, 1.165) is 3.57 Å². The van der Waals surface area contributed by atoms with Crippen molar-refractivity contribution in [3.05, 3.63) is 33.4 Å². The molecule has 1 aromatic carbocycles. The molecule has 0 saturated carbocycles. The molecule has 0 heterocycles. The van der Waals surface area contributed by atoms with E-state index in [1.54, 1.807) is 12.1 Å². The Morgan fingerprint density at radius 3 is 2.40 bits per heavy atom. The van der Waals surface area contributed by atoms with Gasteiger partial charge in [0.1, 0.15) is 5.78 Å². The zero-order valence-electron chi connectivity index (χ0n) is 8.42. The first-order valence-corrected chi connectivity index (χ1v) is 5.70. The van der Waals surface area contributed by atoms with Crippen molar-refractivity contribution in [1.82, 2.24) is 5.32 Å². The monoisotopic (exact) mass is 317 g/mol. The van der Waals surface area contributed by atoms with Crippen LogP contribution in [0.3, 0.4) is 0 Å². The van der Waals surface area contributed by atoms with Gasteiger partial charge < -0.3 is 5.32 Å². The molecule has 3 nitrogen and oxygen atoms in total. The zero-order chi connectivity index (χ0) is 11.3. The van der Waals surface area contributed by atoms with Gasteiger partial charge in [-0.2, -0.15) is 0 Å².